The fourth-order valence-corrected chi connectivity index (χ4v) is 4.37. The summed E-state index contributed by atoms with van der Waals surface area (Å²) in [5.41, 5.74) is 1.30. The molecule has 2 saturated heterocycles. The molecule has 1 N–H and O–H groups in total. The van der Waals surface area contributed by atoms with Crippen LogP contribution in [-0.2, 0) is 16.0 Å². The summed E-state index contributed by atoms with van der Waals surface area (Å²) in [5.74, 6) is 0.979. The molecule has 0 radical (unpaired) electrons. The average Bonchev–Trinajstić information content (AvgIpc) is 2.79. The zero-order valence-electron chi connectivity index (χ0n) is 17.5. The molecular formula is C24H33N3O2. The lowest BCUT2D eigenvalue weighted by atomic mass is 10.0. The lowest BCUT2D eigenvalue weighted by Crippen LogP contribution is -2.47. The summed E-state index contributed by atoms with van der Waals surface area (Å²) in [6, 6.07) is 15.0. The van der Waals surface area contributed by atoms with Crippen LogP contribution >= 0.6 is 0 Å². The second-order valence-corrected chi connectivity index (χ2v) is 8.05. The van der Waals surface area contributed by atoms with Gasteiger partial charge in [0.15, 0.2) is 5.96 Å². The maximum Gasteiger partial charge on any atom is 0.193 e. The predicted molar refractivity (Wildman–Crippen MR) is 118 cm³/mol. The first-order chi connectivity index (χ1) is 14.3. The Kier molecular flexibility index (Phi) is 7.01. The summed E-state index contributed by atoms with van der Waals surface area (Å²) in [7, 11) is 1.87. The van der Waals surface area contributed by atoms with Gasteiger partial charge in [0.05, 0.1) is 18.8 Å². The Bertz CT molecular complexity index is 803. The Hall–Kier alpha value is -2.11. The van der Waals surface area contributed by atoms with Crippen LogP contribution in [0.1, 0.15) is 37.7 Å². The normalized spacial score (nSPS) is 21.5. The van der Waals surface area contributed by atoms with E-state index in [1.54, 1.807) is 0 Å². The van der Waals surface area contributed by atoms with Crippen LogP contribution in [0, 0.1) is 0 Å². The molecular weight excluding hydrogens is 362 g/mol. The quantitative estimate of drug-likeness (QED) is 0.615. The highest BCUT2D eigenvalue weighted by atomic mass is 16.5. The summed E-state index contributed by atoms with van der Waals surface area (Å²) in [6.07, 6.45) is 6.34. The second kappa shape index (κ2) is 10.1. The van der Waals surface area contributed by atoms with Crippen LogP contribution in [0.4, 0.5) is 0 Å². The lowest BCUT2D eigenvalue weighted by Gasteiger charge is -2.35. The van der Waals surface area contributed by atoms with E-state index in [1.807, 2.05) is 7.05 Å². The molecule has 2 fully saturated rings. The van der Waals surface area contributed by atoms with Crippen molar-refractivity contribution in [3.63, 3.8) is 0 Å². The Morgan fingerprint density at radius 1 is 1.10 bits per heavy atom. The fraction of sp³-hybridized carbons (Fsp3) is 0.542. The highest BCUT2D eigenvalue weighted by Gasteiger charge is 2.23. The second-order valence-electron chi connectivity index (χ2n) is 8.05. The number of rotatable bonds is 5. The maximum absolute atomic E-state index is 6.15. The van der Waals surface area contributed by atoms with Crippen LogP contribution in [0.3, 0.4) is 0 Å². The van der Waals surface area contributed by atoms with Crippen LogP contribution in [-0.4, -0.2) is 56.4 Å². The van der Waals surface area contributed by atoms with Crippen LogP contribution in [0.5, 0.6) is 0 Å². The van der Waals surface area contributed by atoms with Crippen molar-refractivity contribution in [3.05, 3.63) is 48.0 Å². The van der Waals surface area contributed by atoms with Gasteiger partial charge in [0, 0.05) is 33.3 Å². The highest BCUT2D eigenvalue weighted by molar-refractivity contribution is 5.86. The number of guanidine groups is 1. The van der Waals surface area contributed by atoms with Gasteiger partial charge >= 0.3 is 0 Å². The van der Waals surface area contributed by atoms with E-state index in [2.05, 4.69) is 57.7 Å². The van der Waals surface area contributed by atoms with Crippen molar-refractivity contribution in [1.82, 2.24) is 10.2 Å². The zero-order valence-corrected chi connectivity index (χ0v) is 17.5. The molecule has 29 heavy (non-hydrogen) atoms. The van der Waals surface area contributed by atoms with E-state index >= 15 is 0 Å². The Labute approximate surface area is 174 Å². The molecule has 0 saturated carbocycles. The van der Waals surface area contributed by atoms with Crippen molar-refractivity contribution in [3.8, 4) is 0 Å². The topological polar surface area (TPSA) is 46.1 Å². The monoisotopic (exact) mass is 395 g/mol. The smallest absolute Gasteiger partial charge is 0.193 e. The third-order valence-electron chi connectivity index (χ3n) is 6.06. The van der Waals surface area contributed by atoms with Crippen LogP contribution < -0.4 is 5.32 Å². The van der Waals surface area contributed by atoms with Gasteiger partial charge in [-0.05, 0) is 48.4 Å². The van der Waals surface area contributed by atoms with Gasteiger partial charge < -0.3 is 19.7 Å². The third kappa shape index (κ3) is 5.28. The molecule has 0 aromatic heterocycles. The lowest BCUT2D eigenvalue weighted by molar-refractivity contribution is -0.0721. The van der Waals surface area contributed by atoms with E-state index in [-0.39, 0.29) is 0 Å². The van der Waals surface area contributed by atoms with Gasteiger partial charge in [-0.15, -0.1) is 0 Å². The first kappa shape index (κ1) is 20.2. The summed E-state index contributed by atoms with van der Waals surface area (Å²) >= 11 is 0. The molecule has 2 aliphatic heterocycles. The number of nitrogens with zero attached hydrogens (tertiary/aromatic N) is 2. The van der Waals surface area contributed by atoms with E-state index in [9.17, 15) is 0 Å². The fourth-order valence-electron chi connectivity index (χ4n) is 4.37. The predicted octanol–water partition coefficient (Wildman–Crippen LogP) is 3.97. The zero-order chi connectivity index (χ0) is 19.9. The Morgan fingerprint density at radius 3 is 2.72 bits per heavy atom. The van der Waals surface area contributed by atoms with Crippen molar-refractivity contribution in [2.75, 3.05) is 33.4 Å². The standard InChI is InChI=1S/C24H33N3O2/c1-25-24(26-17-20-9-6-8-19-7-2-3-11-23(19)20)27-14-12-21(13-15-27)29-18-22-10-4-5-16-28-22/h2-3,6-9,11,21-22H,4-5,10,12-18H2,1H3,(H,25,26). The highest BCUT2D eigenvalue weighted by Crippen LogP contribution is 2.20. The number of hydrogen-bond donors (Lipinski definition) is 1. The Morgan fingerprint density at radius 2 is 1.93 bits per heavy atom. The van der Waals surface area contributed by atoms with E-state index in [0.717, 1.165) is 58.1 Å². The van der Waals surface area contributed by atoms with Crippen molar-refractivity contribution in [2.45, 2.75) is 50.9 Å². The number of piperidine rings is 1. The summed E-state index contributed by atoms with van der Waals surface area (Å²) < 4.78 is 11.9. The summed E-state index contributed by atoms with van der Waals surface area (Å²) in [5, 5.41) is 6.14. The minimum Gasteiger partial charge on any atom is -0.376 e. The molecule has 0 amide bonds. The van der Waals surface area contributed by atoms with Crippen LogP contribution in [0.25, 0.3) is 10.8 Å². The molecule has 1 unspecified atom stereocenters. The van der Waals surface area contributed by atoms with Crippen LogP contribution in [0.2, 0.25) is 0 Å². The first-order valence-electron chi connectivity index (χ1n) is 11.0. The molecule has 0 spiro atoms. The third-order valence-corrected chi connectivity index (χ3v) is 6.06. The van der Waals surface area contributed by atoms with Crippen LogP contribution in [0.15, 0.2) is 47.5 Å². The van der Waals surface area contributed by atoms with Gasteiger partial charge in [-0.1, -0.05) is 42.5 Å². The van der Waals surface area contributed by atoms with Crippen molar-refractivity contribution < 1.29 is 9.47 Å². The van der Waals surface area contributed by atoms with Crippen molar-refractivity contribution in [1.29, 1.82) is 0 Å². The molecule has 1 atom stereocenters. The van der Waals surface area contributed by atoms with Gasteiger partial charge in [-0.3, -0.25) is 4.99 Å². The number of nitrogens with one attached hydrogen (secondary N) is 1. The molecule has 2 heterocycles. The number of hydrogen-bond acceptors (Lipinski definition) is 3. The van der Waals surface area contributed by atoms with Gasteiger partial charge in [-0.25, -0.2) is 0 Å². The number of aliphatic imine (C=N–C) groups is 1. The molecule has 2 aromatic carbocycles. The first-order valence-corrected chi connectivity index (χ1v) is 11.0. The van der Waals surface area contributed by atoms with Gasteiger partial charge in [0.2, 0.25) is 0 Å². The molecule has 0 aliphatic carbocycles. The van der Waals surface area contributed by atoms with E-state index in [4.69, 9.17) is 9.47 Å². The molecule has 5 nitrogen and oxygen atoms in total. The Balaban J connectivity index is 1.26. The van der Waals surface area contributed by atoms with E-state index < -0.39 is 0 Å². The molecule has 5 heteroatoms. The molecule has 0 bridgehead atoms. The number of fused-ring (bicyclic) bond motifs is 1. The minimum absolute atomic E-state index is 0.303. The van der Waals surface area contributed by atoms with Crippen molar-refractivity contribution >= 4 is 16.7 Å². The summed E-state index contributed by atoms with van der Waals surface area (Å²) in [6.45, 7) is 4.38. The minimum atomic E-state index is 0.303. The SMILES string of the molecule is CN=C(NCc1cccc2ccccc12)N1CCC(OCC2CCCCO2)CC1. The van der Waals surface area contributed by atoms with Gasteiger partial charge in [-0.2, -0.15) is 0 Å². The maximum atomic E-state index is 6.15. The molecule has 4 rings (SSSR count). The van der Waals surface area contributed by atoms with Gasteiger partial charge in [0.25, 0.3) is 0 Å². The number of benzene rings is 2. The van der Waals surface area contributed by atoms with Crippen molar-refractivity contribution in [2.24, 2.45) is 4.99 Å². The molecule has 2 aromatic rings. The van der Waals surface area contributed by atoms with Gasteiger partial charge in [0.1, 0.15) is 0 Å². The number of ether oxygens (including phenoxy) is 2. The number of likely N-dealkylation sites (tertiary alicyclic amines) is 1. The summed E-state index contributed by atoms with van der Waals surface area (Å²) in [4.78, 5) is 6.87. The largest absolute Gasteiger partial charge is 0.376 e. The van der Waals surface area contributed by atoms with E-state index in [1.165, 1.54) is 29.2 Å². The molecule has 2 aliphatic rings. The van der Waals surface area contributed by atoms with E-state index in [0.29, 0.717) is 12.2 Å². The molecule has 156 valence electrons. The average molecular weight is 396 g/mol.